The normalized spacial score (nSPS) is 10.7. The first-order chi connectivity index (χ1) is 11.2. The molecule has 1 aromatic carbocycles. The molecule has 3 rings (SSSR count). The van der Waals surface area contributed by atoms with Crippen molar-refractivity contribution in [3.05, 3.63) is 59.4 Å². The third kappa shape index (κ3) is 4.02. The van der Waals surface area contributed by atoms with Crippen molar-refractivity contribution in [1.82, 2.24) is 15.3 Å². The van der Waals surface area contributed by atoms with Gasteiger partial charge in [0.2, 0.25) is 5.91 Å². The average Bonchev–Trinajstić information content (AvgIpc) is 2.94. The fraction of sp³-hybridized carbons (Fsp3) is 0.176. The van der Waals surface area contributed by atoms with Crippen LogP contribution in [0.15, 0.2) is 48.8 Å². The average molecular weight is 329 g/mol. The molecule has 0 saturated heterocycles. The minimum absolute atomic E-state index is 0.0105. The van der Waals surface area contributed by atoms with Gasteiger partial charge in [0, 0.05) is 41.4 Å². The maximum absolute atomic E-state index is 12.0. The van der Waals surface area contributed by atoms with E-state index in [0.29, 0.717) is 24.5 Å². The second-order valence-corrected chi connectivity index (χ2v) is 5.61. The molecule has 23 heavy (non-hydrogen) atoms. The Morgan fingerprint density at radius 2 is 2.13 bits per heavy atom. The molecule has 3 aromatic rings. The first kappa shape index (κ1) is 15.4. The van der Waals surface area contributed by atoms with Gasteiger partial charge in [0.15, 0.2) is 0 Å². The summed E-state index contributed by atoms with van der Waals surface area (Å²) in [5, 5.41) is 7.75. The molecule has 0 saturated carbocycles. The third-order valence-corrected chi connectivity index (χ3v) is 3.73. The van der Waals surface area contributed by atoms with E-state index in [1.807, 2.05) is 42.6 Å². The van der Waals surface area contributed by atoms with Gasteiger partial charge in [-0.05, 0) is 29.8 Å². The molecule has 2 heterocycles. The van der Waals surface area contributed by atoms with Crippen molar-refractivity contribution in [2.75, 3.05) is 18.4 Å². The number of amides is 1. The number of carbonyl (C=O) groups is 1. The Bertz CT molecular complexity index is 801. The lowest BCUT2D eigenvalue weighted by molar-refractivity contribution is -0.120. The van der Waals surface area contributed by atoms with E-state index in [9.17, 15) is 4.79 Å². The van der Waals surface area contributed by atoms with Crippen molar-refractivity contribution in [3.63, 3.8) is 0 Å². The molecule has 0 fully saturated rings. The number of rotatable bonds is 6. The summed E-state index contributed by atoms with van der Waals surface area (Å²) in [6.07, 6.45) is 3.92. The zero-order chi connectivity index (χ0) is 16.1. The molecule has 0 unspecified atom stereocenters. The fourth-order valence-corrected chi connectivity index (χ4v) is 2.57. The van der Waals surface area contributed by atoms with Gasteiger partial charge in [-0.25, -0.2) is 4.98 Å². The van der Waals surface area contributed by atoms with Crippen molar-refractivity contribution in [1.29, 1.82) is 0 Å². The van der Waals surface area contributed by atoms with Gasteiger partial charge < -0.3 is 15.6 Å². The number of aromatic nitrogens is 2. The molecule has 2 aromatic heterocycles. The number of H-pyrrole nitrogens is 1. The highest BCUT2D eigenvalue weighted by atomic mass is 35.5. The van der Waals surface area contributed by atoms with Gasteiger partial charge in [0.25, 0.3) is 0 Å². The topological polar surface area (TPSA) is 69.8 Å². The molecule has 0 radical (unpaired) electrons. The van der Waals surface area contributed by atoms with E-state index in [2.05, 4.69) is 20.6 Å². The summed E-state index contributed by atoms with van der Waals surface area (Å²) in [6.45, 7) is 1.18. The highest BCUT2D eigenvalue weighted by molar-refractivity contribution is 6.31. The largest absolute Gasteiger partial charge is 0.368 e. The molecular weight excluding hydrogens is 312 g/mol. The van der Waals surface area contributed by atoms with Crippen LogP contribution in [0.1, 0.15) is 5.56 Å². The zero-order valence-electron chi connectivity index (χ0n) is 12.5. The first-order valence-electron chi connectivity index (χ1n) is 7.39. The Hall–Kier alpha value is -2.53. The highest BCUT2D eigenvalue weighted by Crippen LogP contribution is 2.22. The smallest absolute Gasteiger partial charge is 0.224 e. The quantitative estimate of drug-likeness (QED) is 0.609. The van der Waals surface area contributed by atoms with E-state index in [-0.39, 0.29) is 5.91 Å². The lowest BCUT2D eigenvalue weighted by Gasteiger charge is -2.07. The van der Waals surface area contributed by atoms with Gasteiger partial charge in [-0.2, -0.15) is 0 Å². The van der Waals surface area contributed by atoms with Crippen molar-refractivity contribution in [2.45, 2.75) is 6.42 Å². The van der Waals surface area contributed by atoms with Crippen LogP contribution in [0.4, 0.5) is 5.82 Å². The first-order valence-corrected chi connectivity index (χ1v) is 7.77. The van der Waals surface area contributed by atoms with Crippen LogP contribution in [0.2, 0.25) is 5.02 Å². The fourth-order valence-electron chi connectivity index (χ4n) is 2.40. The van der Waals surface area contributed by atoms with Gasteiger partial charge >= 0.3 is 0 Å². The predicted octanol–water partition coefficient (Wildman–Crippen LogP) is 2.99. The number of aromatic amines is 1. The number of fused-ring (bicyclic) bond motifs is 1. The lowest BCUT2D eigenvalue weighted by atomic mass is 10.1. The summed E-state index contributed by atoms with van der Waals surface area (Å²) in [5.41, 5.74) is 1.91. The van der Waals surface area contributed by atoms with Gasteiger partial charge in [-0.3, -0.25) is 4.79 Å². The van der Waals surface area contributed by atoms with E-state index in [4.69, 9.17) is 11.6 Å². The molecule has 118 valence electrons. The van der Waals surface area contributed by atoms with Gasteiger partial charge in [0.1, 0.15) is 5.82 Å². The minimum Gasteiger partial charge on any atom is -0.368 e. The summed E-state index contributed by atoms with van der Waals surface area (Å²) >= 11 is 5.96. The molecule has 0 spiro atoms. The van der Waals surface area contributed by atoms with Crippen molar-refractivity contribution >= 4 is 34.2 Å². The summed E-state index contributed by atoms with van der Waals surface area (Å²) < 4.78 is 0. The number of anilines is 1. The van der Waals surface area contributed by atoms with Crippen LogP contribution in [0.5, 0.6) is 0 Å². The maximum Gasteiger partial charge on any atom is 0.224 e. The minimum atomic E-state index is -0.0105. The molecule has 0 atom stereocenters. The van der Waals surface area contributed by atoms with E-state index in [1.54, 1.807) is 6.20 Å². The predicted molar refractivity (Wildman–Crippen MR) is 92.7 cm³/mol. The number of halogens is 1. The molecule has 0 aliphatic rings. The van der Waals surface area contributed by atoms with Gasteiger partial charge in [-0.1, -0.05) is 23.7 Å². The molecule has 0 aliphatic heterocycles. The molecule has 3 N–H and O–H groups in total. The second-order valence-electron chi connectivity index (χ2n) is 5.17. The van der Waals surface area contributed by atoms with Crippen LogP contribution in [0, 0.1) is 0 Å². The van der Waals surface area contributed by atoms with E-state index < -0.39 is 0 Å². The molecule has 0 aliphatic carbocycles. The Kier molecular flexibility index (Phi) is 4.78. The Morgan fingerprint density at radius 1 is 1.22 bits per heavy atom. The van der Waals surface area contributed by atoms with E-state index in [0.717, 1.165) is 22.3 Å². The standard InChI is InChI=1S/C17H17ClN4O/c18-13-4-5-14-12(11-22-15(14)10-13)9-17(23)21-8-7-20-16-3-1-2-6-19-16/h1-6,10-11,22H,7-9H2,(H,19,20)(H,21,23). The van der Waals surface area contributed by atoms with Crippen LogP contribution in [0.3, 0.4) is 0 Å². The van der Waals surface area contributed by atoms with E-state index >= 15 is 0 Å². The van der Waals surface area contributed by atoms with Crippen LogP contribution >= 0.6 is 11.6 Å². The summed E-state index contributed by atoms with van der Waals surface area (Å²) in [4.78, 5) is 19.3. The van der Waals surface area contributed by atoms with Gasteiger partial charge in [0.05, 0.1) is 6.42 Å². The molecular formula is C17H17ClN4O. The number of nitrogens with zero attached hydrogens (tertiary/aromatic N) is 1. The van der Waals surface area contributed by atoms with Crippen LogP contribution < -0.4 is 10.6 Å². The Labute approximate surface area is 139 Å². The van der Waals surface area contributed by atoms with Crippen LogP contribution in [0.25, 0.3) is 10.9 Å². The van der Waals surface area contributed by atoms with Crippen LogP contribution in [-0.4, -0.2) is 29.0 Å². The van der Waals surface area contributed by atoms with Crippen LogP contribution in [-0.2, 0) is 11.2 Å². The monoisotopic (exact) mass is 328 g/mol. The summed E-state index contributed by atoms with van der Waals surface area (Å²) in [6, 6.07) is 11.3. The number of carbonyl (C=O) groups excluding carboxylic acids is 1. The molecule has 0 bridgehead atoms. The van der Waals surface area contributed by atoms with Crippen molar-refractivity contribution < 1.29 is 4.79 Å². The Balaban J connectivity index is 1.49. The third-order valence-electron chi connectivity index (χ3n) is 3.50. The number of hydrogen-bond acceptors (Lipinski definition) is 3. The molecule has 6 heteroatoms. The number of pyridine rings is 1. The SMILES string of the molecule is O=C(Cc1c[nH]c2cc(Cl)ccc12)NCCNc1ccccn1. The lowest BCUT2D eigenvalue weighted by Crippen LogP contribution is -2.30. The molecule has 1 amide bonds. The Morgan fingerprint density at radius 3 is 2.96 bits per heavy atom. The van der Waals surface area contributed by atoms with Gasteiger partial charge in [-0.15, -0.1) is 0 Å². The van der Waals surface area contributed by atoms with Crippen molar-refractivity contribution in [2.24, 2.45) is 0 Å². The summed E-state index contributed by atoms with van der Waals surface area (Å²) in [5.74, 6) is 0.791. The number of nitrogens with one attached hydrogen (secondary N) is 3. The zero-order valence-corrected chi connectivity index (χ0v) is 13.2. The highest BCUT2D eigenvalue weighted by Gasteiger charge is 2.08. The number of hydrogen-bond donors (Lipinski definition) is 3. The molecule has 5 nitrogen and oxygen atoms in total. The van der Waals surface area contributed by atoms with Crippen molar-refractivity contribution in [3.8, 4) is 0 Å². The van der Waals surface area contributed by atoms with E-state index in [1.165, 1.54) is 0 Å². The maximum atomic E-state index is 12.0. The second kappa shape index (κ2) is 7.15. The summed E-state index contributed by atoms with van der Waals surface area (Å²) in [7, 11) is 0. The number of benzene rings is 1.